The number of amides is 1. The van der Waals surface area contributed by atoms with Gasteiger partial charge >= 0.3 is 0 Å². The number of rotatable bonds is 8. The summed E-state index contributed by atoms with van der Waals surface area (Å²) in [5.41, 5.74) is 1.88. The maximum atomic E-state index is 12.2. The molecule has 2 N–H and O–H groups in total. The van der Waals surface area contributed by atoms with Crippen LogP contribution in [0.4, 0.5) is 0 Å². The van der Waals surface area contributed by atoms with Gasteiger partial charge < -0.3 is 20.0 Å². The fourth-order valence-corrected chi connectivity index (χ4v) is 4.93. The molecule has 2 fully saturated rings. The number of nitrogens with one attached hydrogen (secondary N) is 2. The Kier molecular flexibility index (Phi) is 6.95. The second kappa shape index (κ2) is 10.0. The summed E-state index contributed by atoms with van der Waals surface area (Å²) in [4.78, 5) is 18.7. The van der Waals surface area contributed by atoms with E-state index >= 15 is 0 Å². The van der Waals surface area contributed by atoms with Crippen LogP contribution in [0.5, 0.6) is 0 Å². The highest BCUT2D eigenvalue weighted by Gasteiger charge is 2.39. The summed E-state index contributed by atoms with van der Waals surface area (Å²) in [5, 5.41) is 7.22. The first kappa shape index (κ1) is 21.5. The van der Waals surface area contributed by atoms with E-state index in [0.29, 0.717) is 12.6 Å². The van der Waals surface area contributed by atoms with Gasteiger partial charge in [0, 0.05) is 45.2 Å². The standard InChI is InChI=1S/C25H34N4O2/c1-29(2)24(30)21-6-3-5-18(15-21)10-12-26-25(27-13-11-22-7-4-14-31-22)28-23-17-19-8-9-20(23)16-19/h3-7,14-15,19-20,23H,8-13,16-17H2,1-2H3,(H2,26,27,28). The topological polar surface area (TPSA) is 69.9 Å². The van der Waals surface area contributed by atoms with Crippen molar-refractivity contribution in [2.75, 3.05) is 27.2 Å². The molecule has 3 atom stereocenters. The molecule has 1 aromatic heterocycles. The third kappa shape index (κ3) is 5.69. The zero-order valence-corrected chi connectivity index (χ0v) is 18.6. The van der Waals surface area contributed by atoms with Gasteiger partial charge in [0.25, 0.3) is 5.91 Å². The molecule has 6 heteroatoms. The van der Waals surface area contributed by atoms with Gasteiger partial charge in [-0.2, -0.15) is 0 Å². The van der Waals surface area contributed by atoms with Crippen LogP contribution in [0.3, 0.4) is 0 Å². The lowest BCUT2D eigenvalue weighted by molar-refractivity contribution is 0.0827. The molecule has 2 saturated carbocycles. The molecule has 0 saturated heterocycles. The number of guanidine groups is 1. The van der Waals surface area contributed by atoms with E-state index in [2.05, 4.69) is 16.7 Å². The van der Waals surface area contributed by atoms with Crippen LogP contribution in [0.2, 0.25) is 0 Å². The first-order valence-electron chi connectivity index (χ1n) is 11.5. The normalized spacial score (nSPS) is 22.5. The Labute approximate surface area is 185 Å². The molecule has 31 heavy (non-hydrogen) atoms. The smallest absolute Gasteiger partial charge is 0.253 e. The van der Waals surface area contributed by atoms with E-state index < -0.39 is 0 Å². The van der Waals surface area contributed by atoms with Gasteiger partial charge in [-0.1, -0.05) is 18.6 Å². The van der Waals surface area contributed by atoms with Crippen molar-refractivity contribution in [1.82, 2.24) is 15.5 Å². The molecule has 6 nitrogen and oxygen atoms in total. The third-order valence-corrected chi connectivity index (χ3v) is 6.55. The van der Waals surface area contributed by atoms with Crippen molar-refractivity contribution < 1.29 is 9.21 Å². The van der Waals surface area contributed by atoms with E-state index in [1.807, 2.05) is 30.3 Å². The van der Waals surface area contributed by atoms with Crippen molar-refractivity contribution in [3.05, 3.63) is 59.5 Å². The van der Waals surface area contributed by atoms with Gasteiger partial charge in [-0.3, -0.25) is 9.79 Å². The van der Waals surface area contributed by atoms with Crippen molar-refractivity contribution in [3.8, 4) is 0 Å². The first-order chi connectivity index (χ1) is 15.1. The summed E-state index contributed by atoms with van der Waals surface area (Å²) in [6, 6.07) is 12.3. The minimum absolute atomic E-state index is 0.0351. The number of aliphatic imine (C=N–C) groups is 1. The van der Waals surface area contributed by atoms with E-state index in [9.17, 15) is 4.79 Å². The van der Waals surface area contributed by atoms with E-state index in [1.165, 1.54) is 25.7 Å². The van der Waals surface area contributed by atoms with Crippen molar-refractivity contribution in [1.29, 1.82) is 0 Å². The zero-order chi connectivity index (χ0) is 21.6. The number of fused-ring (bicyclic) bond motifs is 2. The molecule has 0 spiro atoms. The van der Waals surface area contributed by atoms with Gasteiger partial charge in [0.05, 0.1) is 6.26 Å². The van der Waals surface area contributed by atoms with Crippen LogP contribution in [-0.4, -0.2) is 50.0 Å². The summed E-state index contributed by atoms with van der Waals surface area (Å²) >= 11 is 0. The molecule has 1 aromatic carbocycles. The molecular formula is C25H34N4O2. The number of carbonyl (C=O) groups is 1. The molecule has 1 heterocycles. The summed E-state index contributed by atoms with van der Waals surface area (Å²) in [6.45, 7) is 1.46. The maximum Gasteiger partial charge on any atom is 0.253 e. The van der Waals surface area contributed by atoms with Gasteiger partial charge in [-0.25, -0.2) is 0 Å². The summed E-state index contributed by atoms with van der Waals surface area (Å²) < 4.78 is 5.43. The van der Waals surface area contributed by atoms with Gasteiger partial charge in [-0.15, -0.1) is 0 Å². The Hall–Kier alpha value is -2.76. The number of hydrogen-bond donors (Lipinski definition) is 2. The van der Waals surface area contributed by atoms with Gasteiger partial charge in [0.15, 0.2) is 5.96 Å². The predicted molar refractivity (Wildman–Crippen MR) is 123 cm³/mol. The molecule has 2 aliphatic rings. The van der Waals surface area contributed by atoms with Crippen LogP contribution >= 0.6 is 0 Å². The summed E-state index contributed by atoms with van der Waals surface area (Å²) in [6.07, 6.45) is 8.70. The van der Waals surface area contributed by atoms with Crippen LogP contribution < -0.4 is 10.6 Å². The van der Waals surface area contributed by atoms with E-state index in [-0.39, 0.29) is 5.91 Å². The predicted octanol–water partition coefficient (Wildman–Crippen LogP) is 3.49. The lowest BCUT2D eigenvalue weighted by atomic mass is 9.95. The van der Waals surface area contributed by atoms with Crippen molar-refractivity contribution in [2.45, 2.75) is 44.6 Å². The third-order valence-electron chi connectivity index (χ3n) is 6.55. The lowest BCUT2D eigenvalue weighted by Gasteiger charge is -2.25. The Morgan fingerprint density at radius 1 is 1.16 bits per heavy atom. The minimum Gasteiger partial charge on any atom is -0.469 e. The summed E-state index contributed by atoms with van der Waals surface area (Å²) in [7, 11) is 3.56. The molecule has 166 valence electrons. The molecule has 0 aliphatic heterocycles. The Morgan fingerprint density at radius 3 is 2.77 bits per heavy atom. The zero-order valence-electron chi connectivity index (χ0n) is 18.6. The van der Waals surface area contributed by atoms with Gasteiger partial charge in [-0.05, 0) is 67.3 Å². The lowest BCUT2D eigenvalue weighted by Crippen LogP contribution is -2.46. The van der Waals surface area contributed by atoms with Crippen molar-refractivity contribution in [2.24, 2.45) is 16.8 Å². The molecule has 0 radical (unpaired) electrons. The molecule has 1 amide bonds. The van der Waals surface area contributed by atoms with Gasteiger partial charge in [0.1, 0.15) is 5.76 Å². The van der Waals surface area contributed by atoms with E-state index in [4.69, 9.17) is 9.41 Å². The van der Waals surface area contributed by atoms with Gasteiger partial charge in [0.2, 0.25) is 0 Å². The fourth-order valence-electron chi connectivity index (χ4n) is 4.93. The molecule has 2 aromatic rings. The molecule has 2 aliphatic carbocycles. The Balaban J connectivity index is 1.34. The highest BCUT2D eigenvalue weighted by Crippen LogP contribution is 2.44. The highest BCUT2D eigenvalue weighted by atomic mass is 16.3. The monoisotopic (exact) mass is 422 g/mol. The number of hydrogen-bond acceptors (Lipinski definition) is 3. The number of benzene rings is 1. The van der Waals surface area contributed by atoms with E-state index in [0.717, 1.165) is 54.1 Å². The number of nitrogens with zero attached hydrogens (tertiary/aromatic N) is 2. The van der Waals surface area contributed by atoms with Crippen molar-refractivity contribution >= 4 is 11.9 Å². The average molecular weight is 423 g/mol. The van der Waals surface area contributed by atoms with Crippen molar-refractivity contribution in [3.63, 3.8) is 0 Å². The minimum atomic E-state index is 0.0351. The SMILES string of the molecule is CN(C)C(=O)c1cccc(CCNC(=NCCc2ccco2)NC2CC3CCC2C3)c1. The van der Waals surface area contributed by atoms with Crippen LogP contribution in [0.15, 0.2) is 52.1 Å². The van der Waals surface area contributed by atoms with Crippen LogP contribution in [0.25, 0.3) is 0 Å². The second-order valence-electron chi connectivity index (χ2n) is 9.06. The fraction of sp³-hybridized carbons (Fsp3) is 0.520. The molecule has 3 unspecified atom stereocenters. The molecule has 4 rings (SSSR count). The maximum absolute atomic E-state index is 12.2. The van der Waals surface area contributed by atoms with Crippen LogP contribution in [-0.2, 0) is 12.8 Å². The highest BCUT2D eigenvalue weighted by molar-refractivity contribution is 5.94. The summed E-state index contributed by atoms with van der Waals surface area (Å²) in [5.74, 6) is 3.57. The second-order valence-corrected chi connectivity index (χ2v) is 9.06. The quantitative estimate of drug-likeness (QED) is 0.505. The average Bonchev–Trinajstić information content (AvgIpc) is 3.52. The van der Waals surface area contributed by atoms with Crippen LogP contribution in [0.1, 0.15) is 47.4 Å². The largest absolute Gasteiger partial charge is 0.469 e. The molecular weight excluding hydrogens is 388 g/mol. The van der Waals surface area contributed by atoms with Crippen LogP contribution in [0, 0.1) is 11.8 Å². The number of furan rings is 1. The molecule has 2 bridgehead atoms. The Bertz CT molecular complexity index is 891. The Morgan fingerprint density at radius 2 is 2.06 bits per heavy atom. The number of carbonyl (C=O) groups excluding carboxylic acids is 1. The van der Waals surface area contributed by atoms with E-state index in [1.54, 1.807) is 25.3 Å². The first-order valence-corrected chi connectivity index (χ1v) is 11.5.